The smallest absolute Gasteiger partial charge is 0.352 e. The summed E-state index contributed by atoms with van der Waals surface area (Å²) < 4.78 is 38.1. The van der Waals surface area contributed by atoms with E-state index in [1.54, 1.807) is 18.3 Å². The number of nitriles is 1. The summed E-state index contributed by atoms with van der Waals surface area (Å²) in [6.07, 6.45) is -2.06. The zero-order valence-electron chi connectivity index (χ0n) is 13.0. The van der Waals surface area contributed by atoms with Gasteiger partial charge in [-0.05, 0) is 18.2 Å². The van der Waals surface area contributed by atoms with Gasteiger partial charge < -0.3 is 9.80 Å². The van der Waals surface area contributed by atoms with Gasteiger partial charge in [-0.25, -0.2) is 9.97 Å². The largest absolute Gasteiger partial charge is 0.417 e. The van der Waals surface area contributed by atoms with Crippen molar-refractivity contribution in [3.8, 4) is 6.07 Å². The van der Waals surface area contributed by atoms with Gasteiger partial charge in [0.1, 0.15) is 17.7 Å². The lowest BCUT2D eigenvalue weighted by molar-refractivity contribution is -0.137. The van der Waals surface area contributed by atoms with Gasteiger partial charge in [0.25, 0.3) is 0 Å². The lowest BCUT2D eigenvalue weighted by Gasteiger charge is -2.36. The summed E-state index contributed by atoms with van der Waals surface area (Å²) in [6.45, 7) is 2.15. The Kier molecular flexibility index (Phi) is 4.68. The molecular formula is C16H13ClF3N5. The molecule has 0 bridgehead atoms. The number of pyridine rings is 2. The van der Waals surface area contributed by atoms with Crippen molar-refractivity contribution in [1.29, 1.82) is 5.26 Å². The minimum atomic E-state index is -4.47. The van der Waals surface area contributed by atoms with Gasteiger partial charge in [0.05, 0.1) is 16.1 Å². The summed E-state index contributed by atoms with van der Waals surface area (Å²) in [7, 11) is 0. The lowest BCUT2D eigenvalue weighted by Crippen LogP contribution is -2.47. The van der Waals surface area contributed by atoms with Gasteiger partial charge >= 0.3 is 6.18 Å². The van der Waals surface area contributed by atoms with E-state index in [-0.39, 0.29) is 5.02 Å². The predicted octanol–water partition coefficient (Wildman–Crippen LogP) is 3.35. The molecule has 2 aromatic heterocycles. The molecule has 0 aliphatic carbocycles. The zero-order chi connectivity index (χ0) is 18.0. The Balaban J connectivity index is 1.74. The SMILES string of the molecule is N#Cc1cccnc1N1CCN(c2ncc(C(F)(F)F)cc2Cl)CC1. The highest BCUT2D eigenvalue weighted by molar-refractivity contribution is 6.33. The molecule has 3 rings (SSSR count). The monoisotopic (exact) mass is 367 g/mol. The first-order chi connectivity index (χ1) is 11.9. The van der Waals surface area contributed by atoms with Crippen LogP contribution in [0.3, 0.4) is 0 Å². The summed E-state index contributed by atoms with van der Waals surface area (Å²) in [5, 5.41) is 9.13. The molecule has 1 fully saturated rings. The van der Waals surface area contributed by atoms with E-state index in [1.165, 1.54) is 0 Å². The third-order valence-corrected chi connectivity index (χ3v) is 4.21. The van der Waals surface area contributed by atoms with E-state index in [4.69, 9.17) is 16.9 Å². The Hall–Kier alpha value is -2.53. The topological polar surface area (TPSA) is 56.1 Å². The number of nitrogens with zero attached hydrogens (tertiary/aromatic N) is 5. The van der Waals surface area contributed by atoms with E-state index in [1.807, 2.05) is 9.80 Å². The highest BCUT2D eigenvalue weighted by Gasteiger charge is 2.32. The Morgan fingerprint density at radius 2 is 1.72 bits per heavy atom. The molecule has 0 spiro atoms. The molecule has 0 N–H and O–H groups in total. The number of piperazine rings is 1. The predicted molar refractivity (Wildman–Crippen MR) is 87.6 cm³/mol. The second kappa shape index (κ2) is 6.76. The van der Waals surface area contributed by atoms with Crippen LogP contribution in [0.15, 0.2) is 30.6 Å². The van der Waals surface area contributed by atoms with Crippen molar-refractivity contribution in [3.05, 3.63) is 46.7 Å². The van der Waals surface area contributed by atoms with Gasteiger partial charge in [-0.3, -0.25) is 0 Å². The van der Waals surface area contributed by atoms with Crippen molar-refractivity contribution in [2.24, 2.45) is 0 Å². The molecule has 1 aliphatic heterocycles. The van der Waals surface area contributed by atoms with Crippen LogP contribution in [0.5, 0.6) is 0 Å². The summed E-state index contributed by atoms with van der Waals surface area (Å²) in [6, 6.07) is 6.40. The third kappa shape index (κ3) is 3.61. The quantitative estimate of drug-likeness (QED) is 0.814. The molecule has 1 saturated heterocycles. The van der Waals surface area contributed by atoms with Gasteiger partial charge in [0.15, 0.2) is 0 Å². The molecule has 0 amide bonds. The van der Waals surface area contributed by atoms with Crippen LogP contribution in [-0.4, -0.2) is 36.1 Å². The first kappa shape index (κ1) is 17.3. The molecule has 0 unspecified atom stereocenters. The van der Waals surface area contributed by atoms with Gasteiger partial charge in [0.2, 0.25) is 0 Å². The number of halogens is 4. The second-order valence-corrected chi connectivity index (χ2v) is 5.89. The molecule has 0 saturated carbocycles. The highest BCUT2D eigenvalue weighted by Crippen LogP contribution is 2.34. The Labute approximate surface area is 147 Å². The number of hydrogen-bond acceptors (Lipinski definition) is 5. The molecule has 25 heavy (non-hydrogen) atoms. The van der Waals surface area contributed by atoms with Crippen LogP contribution in [0.1, 0.15) is 11.1 Å². The first-order valence-electron chi connectivity index (χ1n) is 7.48. The van der Waals surface area contributed by atoms with Gasteiger partial charge in [-0.2, -0.15) is 18.4 Å². The fourth-order valence-electron chi connectivity index (χ4n) is 2.68. The molecule has 3 heterocycles. The number of anilines is 2. The second-order valence-electron chi connectivity index (χ2n) is 5.49. The van der Waals surface area contributed by atoms with Gasteiger partial charge in [-0.15, -0.1) is 0 Å². The third-order valence-electron chi connectivity index (χ3n) is 3.93. The van der Waals surface area contributed by atoms with Crippen molar-refractivity contribution in [2.75, 3.05) is 36.0 Å². The molecule has 9 heteroatoms. The molecule has 0 atom stereocenters. The van der Waals surface area contributed by atoms with Crippen molar-refractivity contribution in [1.82, 2.24) is 9.97 Å². The first-order valence-corrected chi connectivity index (χ1v) is 7.85. The van der Waals surface area contributed by atoms with Crippen LogP contribution in [0, 0.1) is 11.3 Å². The summed E-state index contributed by atoms with van der Waals surface area (Å²) in [5.74, 6) is 0.937. The normalized spacial score (nSPS) is 15.2. The number of aromatic nitrogens is 2. The van der Waals surface area contributed by atoms with E-state index in [2.05, 4.69) is 16.0 Å². The molecule has 0 radical (unpaired) electrons. The van der Waals surface area contributed by atoms with E-state index < -0.39 is 11.7 Å². The molecule has 1 aliphatic rings. The van der Waals surface area contributed by atoms with E-state index in [0.29, 0.717) is 43.4 Å². The van der Waals surface area contributed by atoms with E-state index in [9.17, 15) is 13.2 Å². The molecule has 2 aromatic rings. The van der Waals surface area contributed by atoms with Gasteiger partial charge in [0, 0.05) is 38.6 Å². The van der Waals surface area contributed by atoms with Crippen LogP contribution in [0.4, 0.5) is 24.8 Å². The average Bonchev–Trinajstić information content (AvgIpc) is 2.61. The Morgan fingerprint density at radius 1 is 1.08 bits per heavy atom. The number of alkyl halides is 3. The standard InChI is InChI=1S/C16H13ClF3N5/c17-13-8-12(16(18,19)20)10-23-15(13)25-6-4-24(5-7-25)14-11(9-21)2-1-3-22-14/h1-3,8,10H,4-7H2. The average molecular weight is 368 g/mol. The van der Waals surface area contributed by atoms with Crippen molar-refractivity contribution in [3.63, 3.8) is 0 Å². The van der Waals surface area contributed by atoms with Crippen molar-refractivity contribution < 1.29 is 13.2 Å². The van der Waals surface area contributed by atoms with E-state index >= 15 is 0 Å². The maximum atomic E-state index is 12.7. The van der Waals surface area contributed by atoms with E-state index in [0.717, 1.165) is 12.3 Å². The minimum Gasteiger partial charge on any atom is -0.352 e. The van der Waals surface area contributed by atoms with Crippen molar-refractivity contribution in [2.45, 2.75) is 6.18 Å². The maximum absolute atomic E-state index is 12.7. The van der Waals surface area contributed by atoms with Gasteiger partial charge in [-0.1, -0.05) is 11.6 Å². The molecule has 130 valence electrons. The van der Waals surface area contributed by atoms with Crippen LogP contribution in [0.2, 0.25) is 5.02 Å². The fourth-order valence-corrected chi connectivity index (χ4v) is 2.97. The summed E-state index contributed by atoms with van der Waals surface area (Å²) in [5.41, 5.74) is -0.381. The summed E-state index contributed by atoms with van der Waals surface area (Å²) >= 11 is 6.00. The molecular weight excluding hydrogens is 355 g/mol. The lowest BCUT2D eigenvalue weighted by atomic mass is 10.2. The van der Waals surface area contributed by atoms with Crippen LogP contribution >= 0.6 is 11.6 Å². The molecule has 5 nitrogen and oxygen atoms in total. The van der Waals surface area contributed by atoms with Crippen LogP contribution < -0.4 is 9.80 Å². The fraction of sp³-hybridized carbons (Fsp3) is 0.312. The van der Waals surface area contributed by atoms with Crippen LogP contribution in [0.25, 0.3) is 0 Å². The summed E-state index contributed by atoms with van der Waals surface area (Å²) in [4.78, 5) is 11.9. The van der Waals surface area contributed by atoms with Crippen molar-refractivity contribution >= 4 is 23.2 Å². The zero-order valence-corrected chi connectivity index (χ0v) is 13.7. The van der Waals surface area contributed by atoms with Crippen LogP contribution in [-0.2, 0) is 6.18 Å². The Bertz CT molecular complexity index is 810. The minimum absolute atomic E-state index is 0.0289. The molecule has 0 aromatic carbocycles. The number of rotatable bonds is 2. The number of hydrogen-bond donors (Lipinski definition) is 0. The maximum Gasteiger partial charge on any atom is 0.417 e. The highest BCUT2D eigenvalue weighted by atomic mass is 35.5. The Morgan fingerprint density at radius 3 is 2.28 bits per heavy atom.